The Labute approximate surface area is 124 Å². The molecule has 0 N–H and O–H groups in total. The number of anilines is 3. The SMILES string of the molecule is O=Cc1ccc(N(c2c#cccc2)c2ccccc2)cc1. The Bertz CT molecular complexity index is 666. The Morgan fingerprint density at radius 1 is 0.810 bits per heavy atom. The molecule has 0 amide bonds. The fourth-order valence-corrected chi connectivity index (χ4v) is 2.18. The zero-order chi connectivity index (χ0) is 14.5. The molecule has 21 heavy (non-hydrogen) atoms. The maximum absolute atomic E-state index is 10.8. The highest BCUT2D eigenvalue weighted by Crippen LogP contribution is 2.32. The lowest BCUT2D eigenvalue weighted by molar-refractivity contribution is 0.112. The quantitative estimate of drug-likeness (QED) is 0.648. The van der Waals surface area contributed by atoms with Crippen LogP contribution >= 0.6 is 0 Å². The van der Waals surface area contributed by atoms with Gasteiger partial charge in [0.1, 0.15) is 6.29 Å². The number of hydrogen-bond acceptors (Lipinski definition) is 2. The Morgan fingerprint density at radius 2 is 1.52 bits per heavy atom. The average molecular weight is 271 g/mol. The summed E-state index contributed by atoms with van der Waals surface area (Å²) in [5.41, 5.74) is 3.58. The van der Waals surface area contributed by atoms with E-state index in [1.54, 1.807) is 0 Å². The predicted molar refractivity (Wildman–Crippen MR) is 84.2 cm³/mol. The summed E-state index contributed by atoms with van der Waals surface area (Å²) in [6.45, 7) is 0. The number of rotatable bonds is 4. The van der Waals surface area contributed by atoms with Gasteiger partial charge in [-0.05, 0) is 54.6 Å². The number of carbonyl (C=O) groups is 1. The number of hydrogen-bond donors (Lipinski definition) is 0. The van der Waals surface area contributed by atoms with E-state index in [9.17, 15) is 4.79 Å². The lowest BCUT2D eigenvalue weighted by atomic mass is 10.1. The van der Waals surface area contributed by atoms with E-state index in [-0.39, 0.29) is 0 Å². The van der Waals surface area contributed by atoms with Gasteiger partial charge in [-0.1, -0.05) is 30.3 Å². The van der Waals surface area contributed by atoms with E-state index in [0.717, 1.165) is 23.3 Å². The molecule has 2 heteroatoms. The Hall–Kier alpha value is -3.05. The van der Waals surface area contributed by atoms with Gasteiger partial charge in [0.2, 0.25) is 0 Å². The van der Waals surface area contributed by atoms with Crippen LogP contribution in [0.2, 0.25) is 0 Å². The minimum atomic E-state index is 0.662. The molecular weight excluding hydrogens is 258 g/mol. The molecular formula is C19H13NO. The molecule has 0 saturated heterocycles. The lowest BCUT2D eigenvalue weighted by Gasteiger charge is -2.23. The van der Waals surface area contributed by atoms with Gasteiger partial charge in [-0.3, -0.25) is 4.79 Å². The van der Waals surface area contributed by atoms with Crippen molar-refractivity contribution >= 4 is 23.3 Å². The van der Waals surface area contributed by atoms with Gasteiger partial charge in [0, 0.05) is 16.9 Å². The van der Waals surface area contributed by atoms with E-state index in [1.807, 2.05) is 72.8 Å². The molecule has 0 aromatic heterocycles. The first kappa shape index (κ1) is 13.0. The van der Waals surface area contributed by atoms with Crippen molar-refractivity contribution in [2.24, 2.45) is 0 Å². The Kier molecular flexibility index (Phi) is 3.66. The van der Waals surface area contributed by atoms with Crippen molar-refractivity contribution in [3.05, 3.63) is 90.5 Å². The van der Waals surface area contributed by atoms with E-state index in [4.69, 9.17) is 0 Å². The molecule has 0 fully saturated rings. The van der Waals surface area contributed by atoms with Crippen molar-refractivity contribution in [3.8, 4) is 0 Å². The zero-order valence-corrected chi connectivity index (χ0v) is 11.4. The Morgan fingerprint density at radius 3 is 2.14 bits per heavy atom. The molecule has 0 saturated carbocycles. The van der Waals surface area contributed by atoms with Crippen LogP contribution in [0.25, 0.3) is 0 Å². The fourth-order valence-electron chi connectivity index (χ4n) is 2.18. The maximum Gasteiger partial charge on any atom is 0.150 e. The van der Waals surface area contributed by atoms with E-state index < -0.39 is 0 Å². The summed E-state index contributed by atoms with van der Waals surface area (Å²) in [4.78, 5) is 12.9. The van der Waals surface area contributed by atoms with Crippen molar-refractivity contribution in [3.63, 3.8) is 0 Å². The van der Waals surface area contributed by atoms with Gasteiger partial charge in [-0.15, -0.1) is 0 Å². The van der Waals surface area contributed by atoms with Gasteiger partial charge in [-0.25, -0.2) is 0 Å². The molecule has 0 spiro atoms. The van der Waals surface area contributed by atoms with Crippen LogP contribution in [0.4, 0.5) is 17.1 Å². The summed E-state index contributed by atoms with van der Waals surface area (Å²) in [7, 11) is 0. The number of nitrogens with zero attached hydrogens (tertiary/aromatic N) is 1. The minimum Gasteiger partial charge on any atom is -0.303 e. The third kappa shape index (κ3) is 2.77. The molecule has 0 bridgehead atoms. The second-order valence-electron chi connectivity index (χ2n) is 4.56. The topological polar surface area (TPSA) is 20.3 Å². The van der Waals surface area contributed by atoms with E-state index in [1.165, 1.54) is 0 Å². The first-order chi connectivity index (χ1) is 10.4. The first-order valence-electron chi connectivity index (χ1n) is 6.67. The summed E-state index contributed by atoms with van der Waals surface area (Å²) in [5.74, 6) is 0. The van der Waals surface area contributed by atoms with Gasteiger partial charge >= 0.3 is 0 Å². The van der Waals surface area contributed by atoms with Crippen LogP contribution in [0.15, 0.2) is 72.8 Å². The number of para-hydroxylation sites is 1. The smallest absolute Gasteiger partial charge is 0.150 e. The van der Waals surface area contributed by atoms with Crippen LogP contribution in [-0.4, -0.2) is 6.29 Å². The van der Waals surface area contributed by atoms with E-state index in [0.29, 0.717) is 5.56 Å². The van der Waals surface area contributed by atoms with E-state index >= 15 is 0 Å². The summed E-state index contributed by atoms with van der Waals surface area (Å²) in [5, 5.41) is 0. The van der Waals surface area contributed by atoms with Crippen molar-refractivity contribution in [1.29, 1.82) is 0 Å². The molecule has 0 aliphatic rings. The molecule has 0 radical (unpaired) electrons. The summed E-state index contributed by atoms with van der Waals surface area (Å²) in [6.07, 6.45) is 0.846. The summed E-state index contributed by atoms with van der Waals surface area (Å²) < 4.78 is 0. The largest absolute Gasteiger partial charge is 0.303 e. The molecule has 100 valence electrons. The van der Waals surface area contributed by atoms with Crippen LogP contribution < -0.4 is 4.90 Å². The molecule has 3 aromatic rings. The molecule has 2 nitrogen and oxygen atoms in total. The van der Waals surface area contributed by atoms with Gasteiger partial charge in [0.15, 0.2) is 0 Å². The summed E-state index contributed by atoms with van der Waals surface area (Å²) >= 11 is 0. The number of benzene rings is 2. The molecule has 0 heterocycles. The van der Waals surface area contributed by atoms with Gasteiger partial charge < -0.3 is 4.90 Å². The van der Waals surface area contributed by atoms with Crippen LogP contribution in [0, 0.1) is 12.1 Å². The van der Waals surface area contributed by atoms with Gasteiger partial charge in [0.25, 0.3) is 0 Å². The second-order valence-corrected chi connectivity index (χ2v) is 4.56. The van der Waals surface area contributed by atoms with Crippen LogP contribution in [0.1, 0.15) is 10.4 Å². The third-order valence-electron chi connectivity index (χ3n) is 3.18. The zero-order valence-electron chi connectivity index (χ0n) is 11.4. The number of carbonyl (C=O) groups excluding carboxylic acids is 1. The molecule has 0 aliphatic heterocycles. The molecule has 0 unspecified atom stereocenters. The number of aldehydes is 1. The Balaban J connectivity index is 2.09. The van der Waals surface area contributed by atoms with Crippen LogP contribution in [-0.2, 0) is 0 Å². The maximum atomic E-state index is 10.8. The fraction of sp³-hybridized carbons (Fsp3) is 0. The third-order valence-corrected chi connectivity index (χ3v) is 3.18. The van der Waals surface area contributed by atoms with Crippen molar-refractivity contribution in [2.75, 3.05) is 4.90 Å². The first-order valence-corrected chi connectivity index (χ1v) is 6.67. The highest BCUT2D eigenvalue weighted by molar-refractivity contribution is 5.79. The molecule has 3 aromatic carbocycles. The second kappa shape index (κ2) is 5.94. The standard InChI is InChI=1S/C19H13NO/c21-15-16-11-13-19(14-12-16)20(17-7-3-1-4-8-17)18-9-5-2-6-10-18/h1-5,7-9,11-15H. The van der Waals surface area contributed by atoms with Crippen LogP contribution in [0.3, 0.4) is 0 Å². The van der Waals surface area contributed by atoms with Crippen LogP contribution in [0.5, 0.6) is 0 Å². The highest BCUT2D eigenvalue weighted by Gasteiger charge is 2.11. The van der Waals surface area contributed by atoms with Crippen molar-refractivity contribution < 1.29 is 4.79 Å². The summed E-state index contributed by atoms with van der Waals surface area (Å²) in [6, 6.07) is 29.4. The monoisotopic (exact) mass is 271 g/mol. The minimum absolute atomic E-state index is 0.662. The molecule has 0 atom stereocenters. The van der Waals surface area contributed by atoms with Crippen molar-refractivity contribution in [1.82, 2.24) is 0 Å². The normalized spacial score (nSPS) is 9.71. The predicted octanol–water partition coefficient (Wildman–Crippen LogP) is 4.57. The molecule has 3 rings (SSSR count). The molecule has 0 aliphatic carbocycles. The van der Waals surface area contributed by atoms with Crippen molar-refractivity contribution in [2.45, 2.75) is 0 Å². The lowest BCUT2D eigenvalue weighted by Crippen LogP contribution is -2.09. The van der Waals surface area contributed by atoms with Gasteiger partial charge in [0.05, 0.1) is 5.69 Å². The van der Waals surface area contributed by atoms with Gasteiger partial charge in [-0.2, -0.15) is 0 Å². The average Bonchev–Trinajstić information content (AvgIpc) is 2.58. The highest BCUT2D eigenvalue weighted by atomic mass is 16.1. The van der Waals surface area contributed by atoms with E-state index in [2.05, 4.69) is 17.0 Å².